The zero-order chi connectivity index (χ0) is 9.65. The van der Waals surface area contributed by atoms with E-state index in [9.17, 15) is 5.26 Å². The molecular formula is C13H13N. The normalized spacial score (nSPS) is 25.1. The molecule has 70 valence electrons. The first-order chi connectivity index (χ1) is 6.79. The van der Waals surface area contributed by atoms with Gasteiger partial charge in [-0.3, -0.25) is 0 Å². The molecule has 14 heavy (non-hydrogen) atoms. The average molecular weight is 183 g/mol. The van der Waals surface area contributed by atoms with Gasteiger partial charge in [0.15, 0.2) is 0 Å². The highest BCUT2D eigenvalue weighted by molar-refractivity contribution is 5.39. The Balaban J connectivity index is 1.93. The lowest BCUT2D eigenvalue weighted by atomic mass is 9.57. The quantitative estimate of drug-likeness (QED) is 0.656. The minimum atomic E-state index is -0.141. The summed E-state index contributed by atoms with van der Waals surface area (Å²) in [4.78, 5) is 0. The standard InChI is InChI=1S/C13H13N/c14-10-13(8-12(9-13)6-7-12)11-4-2-1-3-5-11/h1-5H,6-9H2. The van der Waals surface area contributed by atoms with Crippen molar-refractivity contribution in [1.29, 1.82) is 5.26 Å². The lowest BCUT2D eigenvalue weighted by Crippen LogP contribution is -2.41. The number of benzene rings is 1. The highest BCUT2D eigenvalue weighted by Gasteiger charge is 2.61. The summed E-state index contributed by atoms with van der Waals surface area (Å²) in [6.07, 6.45) is 4.90. The van der Waals surface area contributed by atoms with Crippen LogP contribution in [0.1, 0.15) is 31.2 Å². The minimum Gasteiger partial charge on any atom is -0.197 e. The van der Waals surface area contributed by atoms with Gasteiger partial charge in [0, 0.05) is 0 Å². The van der Waals surface area contributed by atoms with Gasteiger partial charge in [-0.2, -0.15) is 5.26 Å². The van der Waals surface area contributed by atoms with Crippen molar-refractivity contribution in [2.45, 2.75) is 31.1 Å². The third-order valence-electron chi connectivity index (χ3n) is 3.85. The average Bonchev–Trinajstić information content (AvgIpc) is 2.96. The third kappa shape index (κ3) is 0.944. The summed E-state index contributed by atoms with van der Waals surface area (Å²) in [5.41, 5.74) is 1.67. The molecule has 0 N–H and O–H groups in total. The summed E-state index contributed by atoms with van der Waals surface area (Å²) in [7, 11) is 0. The van der Waals surface area contributed by atoms with E-state index in [0.29, 0.717) is 5.41 Å². The molecule has 3 rings (SSSR count). The van der Waals surface area contributed by atoms with Crippen molar-refractivity contribution in [3.05, 3.63) is 35.9 Å². The number of nitriles is 1. The predicted molar refractivity (Wildman–Crippen MR) is 54.6 cm³/mol. The molecule has 2 fully saturated rings. The van der Waals surface area contributed by atoms with Crippen LogP contribution in [-0.4, -0.2) is 0 Å². The van der Waals surface area contributed by atoms with Crippen molar-refractivity contribution in [2.24, 2.45) is 5.41 Å². The van der Waals surface area contributed by atoms with E-state index in [-0.39, 0.29) is 5.41 Å². The third-order valence-corrected chi connectivity index (χ3v) is 3.85. The lowest BCUT2D eigenvalue weighted by molar-refractivity contribution is 0.173. The summed E-state index contributed by atoms with van der Waals surface area (Å²) < 4.78 is 0. The number of hydrogen-bond donors (Lipinski definition) is 0. The van der Waals surface area contributed by atoms with Crippen molar-refractivity contribution >= 4 is 0 Å². The molecule has 2 aliphatic rings. The van der Waals surface area contributed by atoms with Gasteiger partial charge in [0.2, 0.25) is 0 Å². The molecule has 2 aliphatic carbocycles. The van der Waals surface area contributed by atoms with Gasteiger partial charge in [-0.15, -0.1) is 0 Å². The van der Waals surface area contributed by atoms with Gasteiger partial charge >= 0.3 is 0 Å². The Hall–Kier alpha value is -1.29. The topological polar surface area (TPSA) is 23.8 Å². The van der Waals surface area contributed by atoms with Crippen LogP contribution in [0.4, 0.5) is 0 Å². The fraction of sp³-hybridized carbons (Fsp3) is 0.462. The molecule has 0 unspecified atom stereocenters. The first-order valence-corrected chi connectivity index (χ1v) is 5.26. The first-order valence-electron chi connectivity index (χ1n) is 5.26. The molecule has 0 heterocycles. The van der Waals surface area contributed by atoms with E-state index >= 15 is 0 Å². The summed E-state index contributed by atoms with van der Waals surface area (Å²) >= 11 is 0. The van der Waals surface area contributed by atoms with Crippen molar-refractivity contribution in [1.82, 2.24) is 0 Å². The fourth-order valence-electron chi connectivity index (χ4n) is 2.86. The van der Waals surface area contributed by atoms with Crippen LogP contribution in [0.15, 0.2) is 30.3 Å². The van der Waals surface area contributed by atoms with Gasteiger partial charge < -0.3 is 0 Å². The van der Waals surface area contributed by atoms with Crippen LogP contribution >= 0.6 is 0 Å². The summed E-state index contributed by atoms with van der Waals surface area (Å²) in [6, 6.07) is 12.8. The molecule has 1 aromatic rings. The molecule has 0 aromatic heterocycles. The first kappa shape index (κ1) is 8.05. The van der Waals surface area contributed by atoms with E-state index in [1.54, 1.807) is 0 Å². The Morgan fingerprint density at radius 3 is 2.21 bits per heavy atom. The molecule has 0 radical (unpaired) electrons. The highest BCUT2D eigenvalue weighted by Crippen LogP contribution is 2.68. The molecular weight excluding hydrogens is 170 g/mol. The molecule has 1 nitrogen and oxygen atoms in total. The maximum Gasteiger partial charge on any atom is 0.0833 e. The van der Waals surface area contributed by atoms with E-state index in [4.69, 9.17) is 0 Å². The van der Waals surface area contributed by atoms with Crippen LogP contribution in [0.5, 0.6) is 0 Å². The maximum atomic E-state index is 9.30. The van der Waals surface area contributed by atoms with E-state index < -0.39 is 0 Å². The number of hydrogen-bond acceptors (Lipinski definition) is 1. The Morgan fingerprint density at radius 2 is 1.71 bits per heavy atom. The Labute approximate surface area is 84.4 Å². The molecule has 0 saturated heterocycles. The van der Waals surface area contributed by atoms with Gasteiger partial charge in [-0.05, 0) is 36.7 Å². The van der Waals surface area contributed by atoms with Crippen LogP contribution < -0.4 is 0 Å². The molecule has 1 aromatic carbocycles. The molecule has 1 heteroatoms. The summed E-state index contributed by atoms with van der Waals surface area (Å²) in [5, 5.41) is 9.30. The van der Waals surface area contributed by atoms with Gasteiger partial charge in [-0.1, -0.05) is 30.3 Å². The number of nitrogens with zero attached hydrogens (tertiary/aromatic N) is 1. The van der Waals surface area contributed by atoms with Crippen molar-refractivity contribution in [3.63, 3.8) is 0 Å². The number of rotatable bonds is 1. The molecule has 2 saturated carbocycles. The SMILES string of the molecule is N#CC1(c2ccccc2)CC2(CC2)C1. The van der Waals surface area contributed by atoms with Gasteiger partial charge in [0.1, 0.15) is 0 Å². The van der Waals surface area contributed by atoms with Gasteiger partial charge in [0.25, 0.3) is 0 Å². The van der Waals surface area contributed by atoms with E-state index in [2.05, 4.69) is 18.2 Å². The van der Waals surface area contributed by atoms with Crippen molar-refractivity contribution in [2.75, 3.05) is 0 Å². The molecule has 0 aliphatic heterocycles. The fourth-order valence-corrected chi connectivity index (χ4v) is 2.86. The second-order valence-corrected chi connectivity index (χ2v) is 4.91. The van der Waals surface area contributed by atoms with Crippen LogP contribution in [0.2, 0.25) is 0 Å². The van der Waals surface area contributed by atoms with Crippen LogP contribution in [0, 0.1) is 16.7 Å². The molecule has 0 bridgehead atoms. The lowest BCUT2D eigenvalue weighted by Gasteiger charge is -2.43. The summed E-state index contributed by atoms with van der Waals surface area (Å²) in [6.45, 7) is 0. The largest absolute Gasteiger partial charge is 0.197 e. The monoisotopic (exact) mass is 183 g/mol. The zero-order valence-corrected chi connectivity index (χ0v) is 8.16. The van der Waals surface area contributed by atoms with Crippen molar-refractivity contribution < 1.29 is 0 Å². The molecule has 1 spiro atoms. The molecule has 0 amide bonds. The van der Waals surface area contributed by atoms with Crippen LogP contribution in [0.3, 0.4) is 0 Å². The highest BCUT2D eigenvalue weighted by atomic mass is 14.6. The van der Waals surface area contributed by atoms with E-state index in [1.165, 1.54) is 18.4 Å². The molecule has 0 atom stereocenters. The minimum absolute atomic E-state index is 0.141. The van der Waals surface area contributed by atoms with Crippen LogP contribution in [-0.2, 0) is 5.41 Å². The predicted octanol–water partition coefficient (Wildman–Crippen LogP) is 3.02. The Kier molecular flexibility index (Phi) is 1.37. The second kappa shape index (κ2) is 2.39. The Bertz CT molecular complexity index is 387. The summed E-state index contributed by atoms with van der Waals surface area (Å²) in [5.74, 6) is 0. The van der Waals surface area contributed by atoms with Gasteiger partial charge in [0.05, 0.1) is 11.5 Å². The zero-order valence-electron chi connectivity index (χ0n) is 8.16. The smallest absolute Gasteiger partial charge is 0.0833 e. The maximum absolute atomic E-state index is 9.30. The van der Waals surface area contributed by atoms with E-state index in [1.807, 2.05) is 18.2 Å². The van der Waals surface area contributed by atoms with Crippen LogP contribution in [0.25, 0.3) is 0 Å². The van der Waals surface area contributed by atoms with E-state index in [0.717, 1.165) is 12.8 Å². The van der Waals surface area contributed by atoms with Gasteiger partial charge in [-0.25, -0.2) is 0 Å². The van der Waals surface area contributed by atoms with Crippen molar-refractivity contribution in [3.8, 4) is 6.07 Å². The Morgan fingerprint density at radius 1 is 1.07 bits per heavy atom. The second-order valence-electron chi connectivity index (χ2n) is 4.91.